The Labute approximate surface area is 128 Å². The van der Waals surface area contributed by atoms with Gasteiger partial charge in [0.15, 0.2) is 0 Å². The van der Waals surface area contributed by atoms with Crippen molar-refractivity contribution in [2.24, 2.45) is 16.7 Å². The summed E-state index contributed by atoms with van der Waals surface area (Å²) in [6.07, 6.45) is 8.33. The topological polar surface area (TPSA) is 3.24 Å². The fourth-order valence-corrected chi connectivity index (χ4v) is 3.84. The van der Waals surface area contributed by atoms with Crippen LogP contribution in [0.25, 0.3) is 0 Å². The summed E-state index contributed by atoms with van der Waals surface area (Å²) in [6.45, 7) is 19.2. The van der Waals surface area contributed by atoms with Gasteiger partial charge in [0.2, 0.25) is 0 Å². The first kappa shape index (κ1) is 18.0. The highest BCUT2D eigenvalue weighted by atomic mass is 15.2. The van der Waals surface area contributed by atoms with E-state index in [4.69, 9.17) is 0 Å². The Bertz CT molecular complexity index is 279. The number of hydrogen-bond donors (Lipinski definition) is 0. The molecule has 0 amide bonds. The zero-order chi connectivity index (χ0) is 15.4. The second-order valence-corrected chi connectivity index (χ2v) is 8.77. The highest BCUT2D eigenvalue weighted by Gasteiger charge is 2.38. The van der Waals surface area contributed by atoms with Gasteiger partial charge in [-0.05, 0) is 55.4 Å². The van der Waals surface area contributed by atoms with Crippen LogP contribution in [-0.2, 0) is 0 Å². The molecule has 0 bridgehead atoms. The van der Waals surface area contributed by atoms with E-state index in [1.165, 1.54) is 51.6 Å². The molecule has 1 saturated carbocycles. The van der Waals surface area contributed by atoms with E-state index >= 15 is 0 Å². The SMILES string of the molecule is CCC.C[C@H]1CC[C@@H](N2CCCC(C)(C)C2)CC1(C)C. The molecule has 0 unspecified atom stereocenters. The van der Waals surface area contributed by atoms with Gasteiger partial charge in [0, 0.05) is 12.6 Å². The van der Waals surface area contributed by atoms with E-state index in [1.807, 2.05) is 0 Å². The first-order valence-corrected chi connectivity index (χ1v) is 8.96. The van der Waals surface area contributed by atoms with E-state index in [2.05, 4.69) is 53.4 Å². The Balaban J connectivity index is 0.000000612. The van der Waals surface area contributed by atoms with Crippen LogP contribution in [0.2, 0.25) is 0 Å². The van der Waals surface area contributed by atoms with Gasteiger partial charge >= 0.3 is 0 Å². The van der Waals surface area contributed by atoms with Gasteiger partial charge in [-0.1, -0.05) is 54.9 Å². The van der Waals surface area contributed by atoms with Crippen molar-refractivity contribution in [1.82, 2.24) is 4.90 Å². The molecule has 20 heavy (non-hydrogen) atoms. The van der Waals surface area contributed by atoms with E-state index in [0.717, 1.165) is 12.0 Å². The van der Waals surface area contributed by atoms with Gasteiger partial charge < -0.3 is 0 Å². The van der Waals surface area contributed by atoms with Crippen LogP contribution in [0.1, 0.15) is 87.0 Å². The zero-order valence-electron chi connectivity index (χ0n) is 15.3. The summed E-state index contributed by atoms with van der Waals surface area (Å²) in [6, 6.07) is 0.862. The number of nitrogens with zero attached hydrogens (tertiary/aromatic N) is 1. The molecule has 0 radical (unpaired) electrons. The van der Waals surface area contributed by atoms with Crippen molar-refractivity contribution in [2.45, 2.75) is 93.0 Å². The van der Waals surface area contributed by atoms with Crippen LogP contribution in [0, 0.1) is 16.7 Å². The molecule has 1 aliphatic heterocycles. The average molecular weight is 282 g/mol. The van der Waals surface area contributed by atoms with E-state index in [1.54, 1.807) is 0 Å². The maximum absolute atomic E-state index is 2.80. The largest absolute Gasteiger partial charge is 0.300 e. The third kappa shape index (κ3) is 5.06. The third-order valence-electron chi connectivity index (χ3n) is 5.48. The van der Waals surface area contributed by atoms with Gasteiger partial charge in [-0.2, -0.15) is 0 Å². The second-order valence-electron chi connectivity index (χ2n) is 8.77. The summed E-state index contributed by atoms with van der Waals surface area (Å²) in [5, 5.41) is 0. The molecule has 2 rings (SSSR count). The van der Waals surface area contributed by atoms with Crippen LogP contribution in [-0.4, -0.2) is 24.0 Å². The first-order valence-electron chi connectivity index (χ1n) is 8.96. The predicted octanol–water partition coefficient (Wildman–Crippen LogP) is 5.74. The third-order valence-corrected chi connectivity index (χ3v) is 5.48. The van der Waals surface area contributed by atoms with E-state index in [0.29, 0.717) is 10.8 Å². The molecule has 2 atom stereocenters. The number of piperidine rings is 1. The molecule has 0 aromatic heterocycles. The lowest BCUT2D eigenvalue weighted by Crippen LogP contribution is -2.49. The Morgan fingerprint density at radius 2 is 1.65 bits per heavy atom. The smallest absolute Gasteiger partial charge is 0.0101 e. The fourth-order valence-electron chi connectivity index (χ4n) is 3.84. The van der Waals surface area contributed by atoms with Gasteiger partial charge in [0.1, 0.15) is 0 Å². The molecule has 1 aliphatic carbocycles. The monoisotopic (exact) mass is 281 g/mol. The van der Waals surface area contributed by atoms with Crippen molar-refractivity contribution in [1.29, 1.82) is 0 Å². The summed E-state index contributed by atoms with van der Waals surface area (Å²) < 4.78 is 0. The Morgan fingerprint density at radius 3 is 2.15 bits per heavy atom. The van der Waals surface area contributed by atoms with Crippen molar-refractivity contribution in [3.8, 4) is 0 Å². The van der Waals surface area contributed by atoms with Gasteiger partial charge in [-0.3, -0.25) is 4.90 Å². The lowest BCUT2D eigenvalue weighted by molar-refractivity contribution is 0.0134. The molecule has 1 saturated heterocycles. The molecule has 0 aromatic rings. The van der Waals surface area contributed by atoms with Crippen molar-refractivity contribution >= 4 is 0 Å². The van der Waals surface area contributed by atoms with Crippen LogP contribution >= 0.6 is 0 Å². The van der Waals surface area contributed by atoms with Crippen molar-refractivity contribution in [2.75, 3.05) is 13.1 Å². The van der Waals surface area contributed by atoms with E-state index in [9.17, 15) is 0 Å². The highest BCUT2D eigenvalue weighted by Crippen LogP contribution is 2.43. The molecular weight excluding hydrogens is 242 g/mol. The maximum atomic E-state index is 2.80. The summed E-state index contributed by atoms with van der Waals surface area (Å²) in [7, 11) is 0. The van der Waals surface area contributed by atoms with Crippen molar-refractivity contribution in [3.05, 3.63) is 0 Å². The molecule has 2 aliphatic rings. The Hall–Kier alpha value is -0.0400. The summed E-state index contributed by atoms with van der Waals surface area (Å²) in [5.74, 6) is 0.900. The van der Waals surface area contributed by atoms with Crippen LogP contribution in [0.15, 0.2) is 0 Å². The van der Waals surface area contributed by atoms with Crippen LogP contribution in [0.5, 0.6) is 0 Å². The van der Waals surface area contributed by atoms with Crippen LogP contribution in [0.4, 0.5) is 0 Å². The van der Waals surface area contributed by atoms with Crippen LogP contribution in [0.3, 0.4) is 0 Å². The minimum atomic E-state index is 0.546. The molecule has 120 valence electrons. The number of likely N-dealkylation sites (tertiary alicyclic amines) is 1. The van der Waals surface area contributed by atoms with E-state index in [-0.39, 0.29) is 0 Å². The fraction of sp³-hybridized carbons (Fsp3) is 1.00. The maximum Gasteiger partial charge on any atom is 0.0101 e. The van der Waals surface area contributed by atoms with E-state index < -0.39 is 0 Å². The van der Waals surface area contributed by atoms with Crippen molar-refractivity contribution < 1.29 is 0 Å². The summed E-state index contributed by atoms with van der Waals surface area (Å²) in [4.78, 5) is 2.80. The van der Waals surface area contributed by atoms with Crippen LogP contribution < -0.4 is 0 Å². The predicted molar refractivity (Wildman–Crippen MR) is 91.1 cm³/mol. The molecule has 0 aromatic carbocycles. The first-order chi connectivity index (χ1) is 9.22. The lowest BCUT2D eigenvalue weighted by atomic mass is 9.67. The minimum absolute atomic E-state index is 0.546. The minimum Gasteiger partial charge on any atom is -0.300 e. The molecular formula is C19H39N. The molecule has 1 heterocycles. The number of hydrogen-bond acceptors (Lipinski definition) is 1. The quantitative estimate of drug-likeness (QED) is 0.592. The summed E-state index contributed by atoms with van der Waals surface area (Å²) >= 11 is 0. The van der Waals surface area contributed by atoms with Crippen molar-refractivity contribution in [3.63, 3.8) is 0 Å². The molecule has 0 N–H and O–H groups in total. The number of rotatable bonds is 1. The van der Waals surface area contributed by atoms with Gasteiger partial charge in [0.25, 0.3) is 0 Å². The second kappa shape index (κ2) is 7.29. The van der Waals surface area contributed by atoms with Gasteiger partial charge in [-0.15, -0.1) is 0 Å². The Morgan fingerprint density at radius 1 is 1.05 bits per heavy atom. The van der Waals surface area contributed by atoms with Gasteiger partial charge in [0.05, 0.1) is 0 Å². The lowest BCUT2D eigenvalue weighted by Gasteiger charge is -2.48. The molecule has 1 heteroatoms. The Kier molecular flexibility index (Phi) is 6.57. The highest BCUT2D eigenvalue weighted by molar-refractivity contribution is 4.91. The average Bonchev–Trinajstić information content (AvgIpc) is 2.32. The molecule has 2 fully saturated rings. The normalized spacial score (nSPS) is 33.1. The summed E-state index contributed by atoms with van der Waals surface area (Å²) in [5.41, 5.74) is 1.09. The molecule has 1 nitrogen and oxygen atoms in total. The standard InChI is InChI=1S/C16H31N.C3H8/c1-13-7-8-14(11-16(13,4)5)17-10-6-9-15(2,3)12-17;1-3-2/h13-14H,6-12H2,1-5H3;3H2,1-2H3/t13-,14+;/m0./s1. The van der Waals surface area contributed by atoms with Gasteiger partial charge in [-0.25, -0.2) is 0 Å². The molecule has 0 spiro atoms. The zero-order valence-corrected chi connectivity index (χ0v) is 15.3.